The molecule has 90 valence electrons. The molecule has 0 radical (unpaired) electrons. The summed E-state index contributed by atoms with van der Waals surface area (Å²) in [4.78, 5) is 0. The lowest BCUT2D eigenvalue weighted by Gasteiger charge is -2.06. The summed E-state index contributed by atoms with van der Waals surface area (Å²) in [6, 6.07) is 5.94. The van der Waals surface area contributed by atoms with Crippen LogP contribution in [0.3, 0.4) is 0 Å². The Labute approximate surface area is 100 Å². The summed E-state index contributed by atoms with van der Waals surface area (Å²) in [5, 5.41) is 8.54. The number of rotatable bonds is 4. The number of aromatic nitrogens is 2. The second kappa shape index (κ2) is 3.74. The number of methoxy groups -OCH3 is 1. The van der Waals surface area contributed by atoms with Crippen LogP contribution in [0.5, 0.6) is 5.75 Å². The number of ether oxygens (including phenoxy) is 1. The van der Waals surface area contributed by atoms with Gasteiger partial charge < -0.3 is 10.5 Å². The van der Waals surface area contributed by atoms with E-state index in [0.717, 1.165) is 48.0 Å². The minimum Gasteiger partial charge on any atom is -0.497 e. The highest BCUT2D eigenvalue weighted by Gasteiger charge is 2.37. The molecule has 0 atom stereocenters. The summed E-state index contributed by atoms with van der Waals surface area (Å²) >= 11 is 0. The molecule has 1 heterocycles. The minimum absolute atomic E-state index is 0.0936. The number of hydrogen-bond acceptors (Lipinski definition) is 3. The molecule has 1 aromatic carbocycles. The molecular weight excluding hydrogens is 214 g/mol. The quantitative estimate of drug-likeness (QED) is 0.845. The predicted octanol–water partition coefficient (Wildman–Crippen LogP) is 2.00. The molecule has 17 heavy (non-hydrogen) atoms. The highest BCUT2D eigenvalue weighted by molar-refractivity contribution is 5.82. The van der Waals surface area contributed by atoms with Crippen molar-refractivity contribution in [2.24, 2.45) is 5.73 Å². The van der Waals surface area contributed by atoms with Crippen molar-refractivity contribution < 1.29 is 4.74 Å². The first kappa shape index (κ1) is 10.6. The van der Waals surface area contributed by atoms with Gasteiger partial charge in [-0.3, -0.25) is 5.10 Å². The highest BCUT2D eigenvalue weighted by atomic mass is 16.5. The van der Waals surface area contributed by atoms with Crippen molar-refractivity contribution in [3.8, 4) is 5.75 Å². The van der Waals surface area contributed by atoms with E-state index in [1.54, 1.807) is 7.11 Å². The maximum Gasteiger partial charge on any atom is 0.119 e. The molecule has 0 bridgehead atoms. The average Bonchev–Trinajstić information content (AvgIpc) is 2.95. The van der Waals surface area contributed by atoms with Crippen LogP contribution in [-0.4, -0.2) is 22.8 Å². The van der Waals surface area contributed by atoms with E-state index in [9.17, 15) is 0 Å². The van der Waals surface area contributed by atoms with Gasteiger partial charge in [0.15, 0.2) is 0 Å². The van der Waals surface area contributed by atoms with Crippen molar-refractivity contribution in [1.82, 2.24) is 10.2 Å². The van der Waals surface area contributed by atoms with E-state index in [4.69, 9.17) is 10.5 Å². The summed E-state index contributed by atoms with van der Waals surface area (Å²) < 4.78 is 5.24. The molecule has 3 N–H and O–H groups in total. The monoisotopic (exact) mass is 231 g/mol. The molecule has 1 aliphatic carbocycles. The molecule has 0 saturated heterocycles. The van der Waals surface area contributed by atoms with Crippen molar-refractivity contribution in [2.45, 2.75) is 31.2 Å². The van der Waals surface area contributed by atoms with E-state index in [-0.39, 0.29) is 5.54 Å². The molecule has 4 nitrogen and oxygen atoms in total. The van der Waals surface area contributed by atoms with Gasteiger partial charge in [-0.25, -0.2) is 0 Å². The maximum absolute atomic E-state index is 6.10. The first-order chi connectivity index (χ1) is 8.20. The zero-order chi connectivity index (χ0) is 11.9. The third-order valence-electron chi connectivity index (χ3n) is 3.61. The second-order valence-electron chi connectivity index (χ2n) is 4.95. The summed E-state index contributed by atoms with van der Waals surface area (Å²) in [6.45, 7) is 0. The topological polar surface area (TPSA) is 63.9 Å². The Morgan fingerprint density at radius 1 is 1.47 bits per heavy atom. The van der Waals surface area contributed by atoms with Crippen LogP contribution in [0.2, 0.25) is 0 Å². The van der Waals surface area contributed by atoms with Gasteiger partial charge in [0, 0.05) is 16.6 Å². The standard InChI is InChI=1S/C13H17N3O/c1-17-9-2-3-11-10(8-9)12(16-15-11)4-5-13(14)6-7-13/h2-3,8H,4-7,14H2,1H3,(H,15,16). The van der Waals surface area contributed by atoms with E-state index in [0.29, 0.717) is 0 Å². The van der Waals surface area contributed by atoms with Crippen molar-refractivity contribution >= 4 is 10.9 Å². The number of fused-ring (bicyclic) bond motifs is 1. The Kier molecular flexibility index (Phi) is 2.33. The second-order valence-corrected chi connectivity index (χ2v) is 4.95. The zero-order valence-electron chi connectivity index (χ0n) is 9.99. The third-order valence-corrected chi connectivity index (χ3v) is 3.61. The summed E-state index contributed by atoms with van der Waals surface area (Å²) in [7, 11) is 1.68. The number of nitrogens with two attached hydrogens (primary N) is 1. The van der Waals surface area contributed by atoms with E-state index < -0.39 is 0 Å². The molecule has 0 aliphatic heterocycles. The normalized spacial score (nSPS) is 17.3. The molecule has 1 fully saturated rings. The number of H-pyrrole nitrogens is 1. The van der Waals surface area contributed by atoms with Gasteiger partial charge in [-0.05, 0) is 43.9 Å². The lowest BCUT2D eigenvalue weighted by Crippen LogP contribution is -2.22. The number of hydrogen-bond donors (Lipinski definition) is 2. The molecule has 2 aromatic rings. The van der Waals surface area contributed by atoms with E-state index in [1.807, 2.05) is 18.2 Å². The Balaban J connectivity index is 1.87. The first-order valence-corrected chi connectivity index (χ1v) is 6.00. The molecule has 1 saturated carbocycles. The van der Waals surface area contributed by atoms with Crippen LogP contribution in [-0.2, 0) is 6.42 Å². The van der Waals surface area contributed by atoms with Crippen molar-refractivity contribution in [3.05, 3.63) is 23.9 Å². The van der Waals surface area contributed by atoms with Crippen LogP contribution >= 0.6 is 0 Å². The largest absolute Gasteiger partial charge is 0.497 e. The fourth-order valence-corrected chi connectivity index (χ4v) is 2.14. The van der Waals surface area contributed by atoms with Gasteiger partial charge in [0.2, 0.25) is 0 Å². The number of nitrogens with zero attached hydrogens (tertiary/aromatic N) is 1. The third kappa shape index (κ3) is 2.00. The van der Waals surface area contributed by atoms with Crippen molar-refractivity contribution in [2.75, 3.05) is 7.11 Å². The number of aromatic amines is 1. The Morgan fingerprint density at radius 2 is 2.29 bits per heavy atom. The first-order valence-electron chi connectivity index (χ1n) is 6.00. The van der Waals surface area contributed by atoms with Gasteiger partial charge in [-0.2, -0.15) is 5.10 Å². The van der Waals surface area contributed by atoms with Gasteiger partial charge in [-0.15, -0.1) is 0 Å². The molecule has 3 rings (SSSR count). The number of nitrogens with one attached hydrogen (secondary N) is 1. The average molecular weight is 231 g/mol. The van der Waals surface area contributed by atoms with Crippen LogP contribution in [0.1, 0.15) is 25.0 Å². The van der Waals surface area contributed by atoms with E-state index in [2.05, 4.69) is 10.2 Å². The molecule has 0 spiro atoms. The lowest BCUT2D eigenvalue weighted by molar-refractivity contribution is 0.415. The number of benzene rings is 1. The number of aryl methyl sites for hydroxylation is 1. The molecule has 0 amide bonds. The van der Waals surface area contributed by atoms with Gasteiger partial charge in [-0.1, -0.05) is 0 Å². The zero-order valence-corrected chi connectivity index (χ0v) is 9.99. The van der Waals surface area contributed by atoms with Gasteiger partial charge in [0.05, 0.1) is 12.6 Å². The highest BCUT2D eigenvalue weighted by Crippen LogP contribution is 2.37. The van der Waals surface area contributed by atoms with Crippen LogP contribution in [0.4, 0.5) is 0 Å². The Bertz CT molecular complexity index is 543. The van der Waals surface area contributed by atoms with Crippen LogP contribution in [0, 0.1) is 0 Å². The van der Waals surface area contributed by atoms with Crippen LogP contribution in [0.15, 0.2) is 18.2 Å². The molecule has 4 heteroatoms. The van der Waals surface area contributed by atoms with Gasteiger partial charge in [0.25, 0.3) is 0 Å². The molecular formula is C13H17N3O. The van der Waals surface area contributed by atoms with E-state index >= 15 is 0 Å². The maximum atomic E-state index is 6.10. The van der Waals surface area contributed by atoms with Gasteiger partial charge >= 0.3 is 0 Å². The van der Waals surface area contributed by atoms with Gasteiger partial charge in [0.1, 0.15) is 5.75 Å². The Hall–Kier alpha value is -1.55. The summed E-state index contributed by atoms with van der Waals surface area (Å²) in [6.07, 6.45) is 4.30. The Morgan fingerprint density at radius 3 is 3.00 bits per heavy atom. The van der Waals surface area contributed by atoms with Crippen LogP contribution in [0.25, 0.3) is 10.9 Å². The smallest absolute Gasteiger partial charge is 0.119 e. The van der Waals surface area contributed by atoms with E-state index in [1.165, 1.54) is 0 Å². The van der Waals surface area contributed by atoms with Crippen molar-refractivity contribution in [1.29, 1.82) is 0 Å². The molecule has 1 aliphatic rings. The van der Waals surface area contributed by atoms with Crippen molar-refractivity contribution in [3.63, 3.8) is 0 Å². The fourth-order valence-electron chi connectivity index (χ4n) is 2.14. The minimum atomic E-state index is 0.0936. The lowest BCUT2D eigenvalue weighted by atomic mass is 10.1. The fraction of sp³-hybridized carbons (Fsp3) is 0.462. The summed E-state index contributed by atoms with van der Waals surface area (Å²) in [5.74, 6) is 0.869. The molecule has 0 unspecified atom stereocenters. The predicted molar refractivity (Wildman–Crippen MR) is 67.1 cm³/mol. The molecule has 1 aromatic heterocycles. The van der Waals surface area contributed by atoms with Crippen LogP contribution < -0.4 is 10.5 Å². The SMILES string of the molecule is COc1ccc2n[nH]c(CCC3(N)CC3)c2c1. The summed E-state index contributed by atoms with van der Waals surface area (Å²) in [5.41, 5.74) is 8.35.